The van der Waals surface area contributed by atoms with Crippen LogP contribution in [0, 0.1) is 17.0 Å². The Hall–Kier alpha value is -3.65. The summed E-state index contributed by atoms with van der Waals surface area (Å²) in [5, 5.41) is 10.6. The Morgan fingerprint density at radius 2 is 1.83 bits per heavy atom. The van der Waals surface area contributed by atoms with E-state index in [0.717, 1.165) is 16.7 Å². The molecule has 2 aromatic carbocycles. The molecule has 4 rings (SSSR count). The monoisotopic (exact) mass is 406 g/mol. The minimum absolute atomic E-state index is 0.0371. The highest BCUT2D eigenvalue weighted by Crippen LogP contribution is 2.36. The van der Waals surface area contributed by atoms with Gasteiger partial charge in [-0.2, -0.15) is 0 Å². The van der Waals surface area contributed by atoms with E-state index in [2.05, 4.69) is 0 Å². The quantitative estimate of drug-likeness (QED) is 0.327. The van der Waals surface area contributed by atoms with E-state index in [-0.39, 0.29) is 15.8 Å². The Morgan fingerprint density at radius 3 is 2.52 bits per heavy atom. The number of benzene rings is 2. The van der Waals surface area contributed by atoms with Crippen LogP contribution in [0.5, 0.6) is 0 Å². The van der Waals surface area contributed by atoms with Crippen molar-refractivity contribution in [2.24, 2.45) is 0 Å². The molecular weight excluding hydrogens is 392 g/mol. The average Bonchev–Trinajstić information content (AvgIpc) is 3.27. The Morgan fingerprint density at radius 1 is 1.07 bits per heavy atom. The molecule has 144 valence electrons. The molecule has 1 aromatic heterocycles. The fourth-order valence-electron chi connectivity index (χ4n) is 3.00. The van der Waals surface area contributed by atoms with Crippen LogP contribution in [0.2, 0.25) is 0 Å². The third-order valence-corrected chi connectivity index (χ3v) is 5.26. The molecule has 0 aliphatic carbocycles. The lowest BCUT2D eigenvalue weighted by Gasteiger charge is -2.11. The van der Waals surface area contributed by atoms with E-state index in [1.54, 1.807) is 55.5 Å². The van der Waals surface area contributed by atoms with Crippen molar-refractivity contribution in [3.8, 4) is 11.3 Å². The van der Waals surface area contributed by atoms with Crippen LogP contribution in [-0.4, -0.2) is 16.1 Å². The number of hydrogen-bond donors (Lipinski definition) is 0. The molecule has 2 heterocycles. The molecule has 0 radical (unpaired) electrons. The molecular formula is C21H14N2O5S. The SMILES string of the molecule is Cc1cc(-c2ccc(C=C3SC(=O)N(c4ccccc4)C3=O)o2)ccc1[N+](=O)[O-]. The Balaban J connectivity index is 1.60. The van der Waals surface area contributed by atoms with Gasteiger partial charge in [0.2, 0.25) is 0 Å². The second kappa shape index (κ2) is 7.40. The number of thioether (sulfide) groups is 1. The van der Waals surface area contributed by atoms with Gasteiger partial charge in [0.15, 0.2) is 0 Å². The molecule has 1 fully saturated rings. The van der Waals surface area contributed by atoms with E-state index >= 15 is 0 Å². The summed E-state index contributed by atoms with van der Waals surface area (Å²) in [5.41, 5.74) is 1.76. The van der Waals surface area contributed by atoms with Crippen molar-refractivity contribution in [3.05, 3.63) is 87.0 Å². The number of furan rings is 1. The van der Waals surface area contributed by atoms with E-state index < -0.39 is 10.8 Å². The van der Waals surface area contributed by atoms with Crippen molar-refractivity contribution >= 4 is 40.4 Å². The number of hydrogen-bond acceptors (Lipinski definition) is 6. The smallest absolute Gasteiger partial charge is 0.298 e. The summed E-state index contributed by atoms with van der Waals surface area (Å²) >= 11 is 0.848. The van der Waals surface area contributed by atoms with Gasteiger partial charge in [0.1, 0.15) is 11.5 Å². The van der Waals surface area contributed by atoms with Gasteiger partial charge in [0, 0.05) is 23.3 Å². The fraction of sp³-hybridized carbons (Fsp3) is 0.0476. The number of aryl methyl sites for hydroxylation is 1. The number of imide groups is 1. The number of para-hydroxylation sites is 1. The Labute approximate surface area is 169 Å². The first-order chi connectivity index (χ1) is 13.9. The molecule has 0 spiro atoms. The maximum atomic E-state index is 12.7. The first-order valence-corrected chi connectivity index (χ1v) is 9.44. The van der Waals surface area contributed by atoms with Crippen LogP contribution in [0.15, 0.2) is 70.0 Å². The number of anilines is 1. The minimum Gasteiger partial charge on any atom is -0.457 e. The zero-order valence-electron chi connectivity index (χ0n) is 15.2. The largest absolute Gasteiger partial charge is 0.457 e. The molecule has 8 heteroatoms. The third-order valence-electron chi connectivity index (χ3n) is 4.39. The highest BCUT2D eigenvalue weighted by atomic mass is 32.2. The van der Waals surface area contributed by atoms with Gasteiger partial charge in [-0.3, -0.25) is 19.7 Å². The molecule has 0 N–H and O–H groups in total. The summed E-state index contributed by atoms with van der Waals surface area (Å²) in [7, 11) is 0. The third kappa shape index (κ3) is 3.57. The number of nitro benzene ring substituents is 1. The number of carbonyl (C=O) groups excluding carboxylic acids is 2. The average molecular weight is 406 g/mol. The molecule has 0 saturated carbocycles. The van der Waals surface area contributed by atoms with Crippen LogP contribution < -0.4 is 4.90 Å². The van der Waals surface area contributed by atoms with Crippen LogP contribution >= 0.6 is 11.8 Å². The standard InChI is InChI=1S/C21H14N2O5S/c1-13-11-14(7-9-17(13)23(26)27)18-10-8-16(28-18)12-19-20(24)22(21(25)29-19)15-5-3-2-4-6-15/h2-12H,1H3. The van der Waals surface area contributed by atoms with E-state index in [0.29, 0.717) is 28.3 Å². The zero-order chi connectivity index (χ0) is 20.5. The van der Waals surface area contributed by atoms with Crippen LogP contribution in [0.1, 0.15) is 11.3 Å². The van der Waals surface area contributed by atoms with Gasteiger partial charge in [-0.25, -0.2) is 4.90 Å². The van der Waals surface area contributed by atoms with Crippen molar-refractivity contribution in [2.45, 2.75) is 6.92 Å². The van der Waals surface area contributed by atoms with Crippen molar-refractivity contribution < 1.29 is 18.9 Å². The van der Waals surface area contributed by atoms with Crippen LogP contribution in [0.4, 0.5) is 16.2 Å². The van der Waals surface area contributed by atoms with Gasteiger partial charge in [-0.1, -0.05) is 18.2 Å². The number of amides is 2. The topological polar surface area (TPSA) is 93.7 Å². The molecule has 7 nitrogen and oxygen atoms in total. The fourth-order valence-corrected chi connectivity index (χ4v) is 3.82. The lowest BCUT2D eigenvalue weighted by atomic mass is 10.1. The van der Waals surface area contributed by atoms with E-state index in [1.165, 1.54) is 12.1 Å². The normalized spacial score (nSPS) is 15.3. The Kier molecular flexibility index (Phi) is 4.77. The second-order valence-electron chi connectivity index (χ2n) is 6.31. The van der Waals surface area contributed by atoms with Crippen LogP contribution in [0.3, 0.4) is 0 Å². The predicted molar refractivity (Wildman–Crippen MR) is 110 cm³/mol. The zero-order valence-corrected chi connectivity index (χ0v) is 16.0. The molecule has 0 bridgehead atoms. The van der Waals surface area contributed by atoms with Crippen molar-refractivity contribution in [2.75, 3.05) is 4.90 Å². The second-order valence-corrected chi connectivity index (χ2v) is 7.31. The maximum Gasteiger partial charge on any atom is 0.298 e. The molecule has 0 atom stereocenters. The summed E-state index contributed by atoms with van der Waals surface area (Å²) < 4.78 is 5.77. The highest BCUT2D eigenvalue weighted by Gasteiger charge is 2.36. The predicted octanol–water partition coefficient (Wildman–Crippen LogP) is 5.40. The summed E-state index contributed by atoms with van der Waals surface area (Å²) in [5.74, 6) is 0.515. The summed E-state index contributed by atoms with van der Waals surface area (Å²) in [6.45, 7) is 1.66. The lowest BCUT2D eigenvalue weighted by Crippen LogP contribution is -2.27. The molecule has 29 heavy (non-hydrogen) atoms. The minimum atomic E-state index is -0.435. The molecule has 1 saturated heterocycles. The van der Waals surface area contributed by atoms with Crippen molar-refractivity contribution in [1.82, 2.24) is 0 Å². The summed E-state index contributed by atoms with van der Waals surface area (Å²) in [6.07, 6.45) is 1.52. The van der Waals surface area contributed by atoms with Crippen molar-refractivity contribution in [1.29, 1.82) is 0 Å². The number of rotatable bonds is 4. The van der Waals surface area contributed by atoms with Gasteiger partial charge in [0.25, 0.3) is 16.8 Å². The van der Waals surface area contributed by atoms with Crippen LogP contribution in [-0.2, 0) is 4.79 Å². The first kappa shape index (κ1) is 18.7. The van der Waals surface area contributed by atoms with Crippen LogP contribution in [0.25, 0.3) is 17.4 Å². The number of nitrogens with zero attached hydrogens (tertiary/aromatic N) is 2. The highest BCUT2D eigenvalue weighted by molar-refractivity contribution is 8.19. The van der Waals surface area contributed by atoms with Gasteiger partial charge < -0.3 is 4.42 Å². The molecule has 1 aliphatic heterocycles. The Bertz CT molecular complexity index is 1170. The van der Waals surface area contributed by atoms with E-state index in [1.807, 2.05) is 6.07 Å². The first-order valence-electron chi connectivity index (χ1n) is 8.62. The van der Waals surface area contributed by atoms with Gasteiger partial charge in [0.05, 0.1) is 15.5 Å². The summed E-state index contributed by atoms with van der Waals surface area (Å²) in [6, 6.07) is 16.8. The lowest BCUT2D eigenvalue weighted by molar-refractivity contribution is -0.385. The number of carbonyl (C=O) groups is 2. The molecule has 1 aliphatic rings. The van der Waals surface area contributed by atoms with Gasteiger partial charge in [-0.05, 0) is 55.1 Å². The van der Waals surface area contributed by atoms with Gasteiger partial charge in [-0.15, -0.1) is 0 Å². The van der Waals surface area contributed by atoms with E-state index in [9.17, 15) is 19.7 Å². The summed E-state index contributed by atoms with van der Waals surface area (Å²) in [4.78, 5) is 36.8. The molecule has 2 amide bonds. The van der Waals surface area contributed by atoms with E-state index in [4.69, 9.17) is 4.42 Å². The van der Waals surface area contributed by atoms with Crippen molar-refractivity contribution in [3.63, 3.8) is 0 Å². The maximum absolute atomic E-state index is 12.7. The molecule has 3 aromatic rings. The number of nitro groups is 1. The molecule has 0 unspecified atom stereocenters. The van der Waals surface area contributed by atoms with Gasteiger partial charge >= 0.3 is 0 Å².